The number of piperidine rings is 1. The zero-order valence-electron chi connectivity index (χ0n) is 22.6. The topological polar surface area (TPSA) is 71.1 Å². The highest BCUT2D eigenvalue weighted by Gasteiger charge is 2.27. The third-order valence-electron chi connectivity index (χ3n) is 6.03. The van der Waals surface area contributed by atoms with Crippen molar-refractivity contribution in [3.63, 3.8) is 0 Å². The number of carbonyl (C=O) groups excluding carboxylic acids is 2. The van der Waals surface area contributed by atoms with Crippen LogP contribution >= 0.6 is 0 Å². The number of ether oxygens (including phenoxy) is 2. The Morgan fingerprint density at radius 3 is 2.14 bits per heavy atom. The Kier molecular flexibility index (Phi) is 9.78. The van der Waals surface area contributed by atoms with Crippen molar-refractivity contribution < 1.29 is 23.5 Å². The molecule has 0 atom stereocenters. The van der Waals surface area contributed by atoms with E-state index in [2.05, 4.69) is 19.2 Å². The summed E-state index contributed by atoms with van der Waals surface area (Å²) in [5, 5.41) is 3.05. The summed E-state index contributed by atoms with van der Waals surface area (Å²) in [7, 11) is 0. The van der Waals surface area contributed by atoms with Gasteiger partial charge >= 0.3 is 6.09 Å². The Morgan fingerprint density at radius 1 is 1.03 bits per heavy atom. The van der Waals surface area contributed by atoms with Crippen molar-refractivity contribution in [2.75, 3.05) is 37.7 Å². The predicted molar refractivity (Wildman–Crippen MR) is 144 cm³/mol. The molecule has 1 aliphatic rings. The molecule has 3 rings (SSSR count). The first-order chi connectivity index (χ1) is 17.5. The largest absolute Gasteiger partial charge is 0.493 e. The zero-order chi connectivity index (χ0) is 27.0. The molecule has 0 spiro atoms. The smallest absolute Gasteiger partial charge is 0.410 e. The lowest BCUT2D eigenvalue weighted by Crippen LogP contribution is -2.44. The lowest BCUT2D eigenvalue weighted by molar-refractivity contribution is -0.119. The highest BCUT2D eigenvalue weighted by Crippen LogP contribution is 2.27. The van der Waals surface area contributed by atoms with Crippen LogP contribution in [-0.4, -0.2) is 55.3 Å². The summed E-state index contributed by atoms with van der Waals surface area (Å²) in [6.45, 7) is 12.2. The highest BCUT2D eigenvalue weighted by atomic mass is 19.1. The number of nitrogens with zero attached hydrogens (tertiary/aromatic N) is 2. The van der Waals surface area contributed by atoms with E-state index in [1.54, 1.807) is 17.0 Å². The van der Waals surface area contributed by atoms with E-state index in [1.807, 2.05) is 49.9 Å². The number of amides is 2. The number of halogens is 1. The fourth-order valence-electron chi connectivity index (χ4n) is 4.04. The molecule has 0 unspecified atom stereocenters. The number of rotatable bonds is 9. The van der Waals surface area contributed by atoms with Crippen molar-refractivity contribution in [1.29, 1.82) is 0 Å². The van der Waals surface area contributed by atoms with Crippen LogP contribution < -0.4 is 15.0 Å². The first kappa shape index (κ1) is 28.3. The molecule has 2 aromatic carbocycles. The van der Waals surface area contributed by atoms with E-state index in [9.17, 15) is 14.0 Å². The third kappa shape index (κ3) is 9.26. The summed E-state index contributed by atoms with van der Waals surface area (Å²) in [6.07, 6.45) is 1.32. The fraction of sp³-hybridized carbons (Fsp3) is 0.517. The molecule has 0 aliphatic carbocycles. The second-order valence-corrected chi connectivity index (χ2v) is 11.0. The van der Waals surface area contributed by atoms with Gasteiger partial charge in [0.1, 0.15) is 23.7 Å². The summed E-state index contributed by atoms with van der Waals surface area (Å²) >= 11 is 0. The van der Waals surface area contributed by atoms with Gasteiger partial charge in [-0.05, 0) is 94.0 Å². The van der Waals surface area contributed by atoms with E-state index in [1.165, 1.54) is 12.1 Å². The van der Waals surface area contributed by atoms with Crippen LogP contribution in [0, 0.1) is 17.7 Å². The van der Waals surface area contributed by atoms with Crippen molar-refractivity contribution in [2.45, 2.75) is 53.1 Å². The molecule has 2 amide bonds. The molecule has 0 saturated carbocycles. The van der Waals surface area contributed by atoms with Crippen molar-refractivity contribution in [3.8, 4) is 5.75 Å². The molecule has 1 heterocycles. The predicted octanol–water partition coefficient (Wildman–Crippen LogP) is 5.76. The summed E-state index contributed by atoms with van der Waals surface area (Å²) in [6, 6.07) is 13.7. The molecule has 0 radical (unpaired) electrons. The van der Waals surface area contributed by atoms with E-state index < -0.39 is 5.60 Å². The molecular formula is C29H40FN3O4. The lowest BCUT2D eigenvalue weighted by Gasteiger charge is -2.33. The van der Waals surface area contributed by atoms with Gasteiger partial charge in [-0.15, -0.1) is 0 Å². The highest BCUT2D eigenvalue weighted by molar-refractivity contribution is 5.84. The Morgan fingerprint density at radius 2 is 1.59 bits per heavy atom. The summed E-state index contributed by atoms with van der Waals surface area (Å²) in [4.78, 5) is 28.8. The van der Waals surface area contributed by atoms with Crippen molar-refractivity contribution in [3.05, 3.63) is 54.3 Å². The van der Waals surface area contributed by atoms with E-state index in [0.29, 0.717) is 38.1 Å². The molecule has 7 nitrogen and oxygen atoms in total. The molecule has 1 saturated heterocycles. The third-order valence-corrected chi connectivity index (χ3v) is 6.03. The molecule has 0 aromatic heterocycles. The summed E-state index contributed by atoms with van der Waals surface area (Å²) in [5.41, 5.74) is 1.02. The van der Waals surface area contributed by atoms with Gasteiger partial charge in [-0.25, -0.2) is 9.18 Å². The van der Waals surface area contributed by atoms with Crippen LogP contribution in [0.3, 0.4) is 0 Å². The molecule has 8 heteroatoms. The second-order valence-electron chi connectivity index (χ2n) is 11.0. The Labute approximate surface area is 219 Å². The average molecular weight is 514 g/mol. The standard InChI is InChI=1S/C29H40FN3O4/c1-21(2)20-36-26-12-10-25(11-13-26)33(24-8-6-23(30)7-9-24)19-27(34)31-18-22-14-16-32(17-15-22)28(35)37-29(3,4)5/h6-13,21-22H,14-20H2,1-5H3,(H,31,34). The van der Waals surface area contributed by atoms with Crippen LogP contribution in [0.25, 0.3) is 0 Å². The molecule has 37 heavy (non-hydrogen) atoms. The van der Waals surface area contributed by atoms with Gasteiger partial charge in [0.15, 0.2) is 0 Å². The SMILES string of the molecule is CC(C)COc1ccc(N(CC(=O)NCC2CCN(C(=O)OC(C)(C)C)CC2)c2ccc(F)cc2)cc1. The number of carbonyl (C=O) groups is 2. The van der Waals surface area contributed by atoms with Crippen LogP contribution in [0.1, 0.15) is 47.5 Å². The molecule has 1 N–H and O–H groups in total. The average Bonchev–Trinajstić information content (AvgIpc) is 2.85. The minimum Gasteiger partial charge on any atom is -0.493 e. The molecular weight excluding hydrogens is 473 g/mol. The van der Waals surface area contributed by atoms with Crippen LogP contribution in [0.4, 0.5) is 20.6 Å². The monoisotopic (exact) mass is 513 g/mol. The molecule has 0 bridgehead atoms. The maximum Gasteiger partial charge on any atom is 0.410 e. The van der Waals surface area contributed by atoms with Crippen molar-refractivity contribution >= 4 is 23.4 Å². The van der Waals surface area contributed by atoms with E-state index in [0.717, 1.165) is 30.0 Å². The van der Waals surface area contributed by atoms with E-state index >= 15 is 0 Å². The van der Waals surface area contributed by atoms with Gasteiger partial charge in [0, 0.05) is 31.0 Å². The minimum atomic E-state index is -0.514. The molecule has 2 aromatic rings. The Balaban J connectivity index is 1.57. The second kappa shape index (κ2) is 12.8. The summed E-state index contributed by atoms with van der Waals surface area (Å²) in [5.74, 6) is 1.02. The van der Waals surface area contributed by atoms with Gasteiger partial charge in [0.05, 0.1) is 6.61 Å². The van der Waals surface area contributed by atoms with Gasteiger partial charge in [-0.1, -0.05) is 13.8 Å². The van der Waals surface area contributed by atoms with Crippen LogP contribution in [0.2, 0.25) is 0 Å². The Hall–Kier alpha value is -3.29. The van der Waals surface area contributed by atoms with Gasteiger partial charge in [-0.2, -0.15) is 0 Å². The van der Waals surface area contributed by atoms with Gasteiger partial charge in [0.2, 0.25) is 5.91 Å². The van der Waals surface area contributed by atoms with Crippen LogP contribution in [0.15, 0.2) is 48.5 Å². The van der Waals surface area contributed by atoms with Gasteiger partial charge < -0.3 is 24.6 Å². The number of nitrogens with one attached hydrogen (secondary N) is 1. The summed E-state index contributed by atoms with van der Waals surface area (Å²) < 4.78 is 24.8. The van der Waals surface area contributed by atoms with E-state index in [4.69, 9.17) is 9.47 Å². The normalized spacial score (nSPS) is 14.4. The van der Waals surface area contributed by atoms with Crippen LogP contribution in [-0.2, 0) is 9.53 Å². The lowest BCUT2D eigenvalue weighted by atomic mass is 9.97. The zero-order valence-corrected chi connectivity index (χ0v) is 22.6. The van der Waals surface area contributed by atoms with Crippen molar-refractivity contribution in [1.82, 2.24) is 10.2 Å². The minimum absolute atomic E-state index is 0.0918. The molecule has 202 valence electrons. The number of anilines is 2. The number of hydrogen-bond donors (Lipinski definition) is 1. The molecule has 1 fully saturated rings. The van der Waals surface area contributed by atoms with Gasteiger partial charge in [-0.3, -0.25) is 4.79 Å². The first-order valence-electron chi connectivity index (χ1n) is 13.0. The first-order valence-corrected chi connectivity index (χ1v) is 13.0. The van der Waals surface area contributed by atoms with E-state index in [-0.39, 0.29) is 24.4 Å². The maximum absolute atomic E-state index is 13.6. The van der Waals surface area contributed by atoms with Gasteiger partial charge in [0.25, 0.3) is 0 Å². The van der Waals surface area contributed by atoms with Crippen molar-refractivity contribution in [2.24, 2.45) is 11.8 Å². The fourth-order valence-corrected chi connectivity index (χ4v) is 4.04. The quantitative estimate of drug-likeness (QED) is 0.462. The number of likely N-dealkylation sites (tertiary alicyclic amines) is 1. The van der Waals surface area contributed by atoms with Crippen LogP contribution in [0.5, 0.6) is 5.75 Å². The number of benzene rings is 2. The number of hydrogen-bond acceptors (Lipinski definition) is 5. The Bertz CT molecular complexity index is 1010. The molecule has 1 aliphatic heterocycles. The maximum atomic E-state index is 13.6.